The maximum absolute atomic E-state index is 2.65. The molecule has 0 aromatic rings. The maximum Gasteiger partial charge on any atom is 0.162 e. The normalized spacial score (nSPS) is 45.3. The molecule has 3 rings (SSSR count). The van der Waals surface area contributed by atoms with Gasteiger partial charge in [0.1, 0.15) is 6.54 Å². The highest BCUT2D eigenvalue weighted by Gasteiger charge is 2.49. The van der Waals surface area contributed by atoms with Crippen LogP contribution >= 0.6 is 0 Å². The monoisotopic (exact) mass is 122 g/mol. The van der Waals surface area contributed by atoms with Gasteiger partial charge < -0.3 is 0 Å². The fourth-order valence-corrected chi connectivity index (χ4v) is 2.68. The Kier molecular flexibility index (Phi) is 0.611. The van der Waals surface area contributed by atoms with Crippen LogP contribution < -0.4 is 0 Å². The Bertz CT molecular complexity index is 191. The molecule has 0 spiro atoms. The molecule has 1 nitrogen and oxygen atoms in total. The lowest BCUT2D eigenvalue weighted by Crippen LogP contribution is -2.42. The summed E-state index contributed by atoms with van der Waals surface area (Å²) in [4.78, 5) is 0. The van der Waals surface area contributed by atoms with E-state index in [1.165, 1.54) is 32.2 Å². The second-order valence-electron chi connectivity index (χ2n) is 3.72. The van der Waals surface area contributed by atoms with Gasteiger partial charge in [-0.15, -0.1) is 0 Å². The molecule has 1 saturated heterocycles. The van der Waals surface area contributed by atoms with E-state index in [0.717, 1.165) is 12.0 Å². The van der Waals surface area contributed by atoms with Crippen LogP contribution in [0.5, 0.6) is 0 Å². The van der Waals surface area contributed by atoms with E-state index in [4.69, 9.17) is 0 Å². The van der Waals surface area contributed by atoms with Crippen molar-refractivity contribution in [2.75, 3.05) is 6.54 Å². The van der Waals surface area contributed by atoms with Crippen molar-refractivity contribution in [3.63, 3.8) is 0 Å². The number of fused-ring (bicyclic) bond motifs is 1. The number of nitrogens with zero attached hydrogens (tertiary/aromatic N) is 1. The van der Waals surface area contributed by atoms with Gasteiger partial charge in [-0.3, -0.25) is 0 Å². The minimum absolute atomic E-state index is 0.999. The van der Waals surface area contributed by atoms with Crippen molar-refractivity contribution in [1.29, 1.82) is 0 Å². The molecule has 2 atom stereocenters. The molecular formula is C8H12N+. The smallest absolute Gasteiger partial charge is 0.162 e. The fourth-order valence-electron chi connectivity index (χ4n) is 2.68. The number of piperidine rings is 1. The first kappa shape index (κ1) is 4.48. The van der Waals surface area contributed by atoms with Gasteiger partial charge in [-0.1, -0.05) is 0 Å². The molecule has 1 heteroatoms. The molecule has 3 aliphatic rings. The van der Waals surface area contributed by atoms with Crippen LogP contribution in [0.2, 0.25) is 0 Å². The van der Waals surface area contributed by atoms with E-state index in [1.54, 1.807) is 5.71 Å². The second-order valence-corrected chi connectivity index (χ2v) is 3.72. The van der Waals surface area contributed by atoms with E-state index in [-0.39, 0.29) is 0 Å². The minimum atomic E-state index is 0.999. The average molecular weight is 122 g/mol. The lowest BCUT2D eigenvalue weighted by molar-refractivity contribution is -0.597. The topological polar surface area (TPSA) is 3.01 Å². The standard InChI is InChI=1S/C8H12N/c1-2-7-4-8-3-6(1)5-9(7)8/h6-7H,1-5H2/q+1. The Hall–Kier alpha value is -0.330. The first-order valence-corrected chi connectivity index (χ1v) is 4.05. The van der Waals surface area contributed by atoms with E-state index in [0.29, 0.717) is 0 Å². The lowest BCUT2D eigenvalue weighted by Gasteiger charge is -2.24. The molecule has 0 N–H and O–H groups in total. The van der Waals surface area contributed by atoms with E-state index in [1.807, 2.05) is 0 Å². The predicted octanol–water partition coefficient (Wildman–Crippen LogP) is 1.03. The van der Waals surface area contributed by atoms with Gasteiger partial charge >= 0.3 is 0 Å². The molecule has 0 aromatic carbocycles. The first-order chi connectivity index (χ1) is 4.43. The Labute approximate surface area is 55.4 Å². The predicted molar refractivity (Wildman–Crippen MR) is 35.9 cm³/mol. The summed E-state index contributed by atoms with van der Waals surface area (Å²) in [6.45, 7) is 1.42. The van der Waals surface area contributed by atoms with Gasteiger partial charge in [-0.25, -0.2) is 4.58 Å². The zero-order valence-corrected chi connectivity index (χ0v) is 5.64. The Morgan fingerprint density at radius 2 is 2.22 bits per heavy atom. The quantitative estimate of drug-likeness (QED) is 0.422. The fraction of sp³-hybridized carbons (Fsp3) is 0.875. The number of rotatable bonds is 0. The molecule has 0 amide bonds. The molecule has 1 fully saturated rings. The number of hydrogen-bond acceptors (Lipinski definition) is 0. The van der Waals surface area contributed by atoms with Crippen LogP contribution in [0.4, 0.5) is 0 Å². The van der Waals surface area contributed by atoms with Crippen molar-refractivity contribution < 1.29 is 4.58 Å². The molecule has 2 bridgehead atoms. The summed E-state index contributed by atoms with van der Waals surface area (Å²) < 4.78 is 2.65. The van der Waals surface area contributed by atoms with E-state index in [9.17, 15) is 0 Å². The molecule has 3 aliphatic heterocycles. The highest BCUT2D eigenvalue weighted by Crippen LogP contribution is 2.37. The summed E-state index contributed by atoms with van der Waals surface area (Å²) in [5, 5.41) is 0. The van der Waals surface area contributed by atoms with Gasteiger partial charge in [0.2, 0.25) is 0 Å². The van der Waals surface area contributed by atoms with Crippen LogP contribution in [0, 0.1) is 5.92 Å². The second kappa shape index (κ2) is 1.23. The average Bonchev–Trinajstić information content (AvgIpc) is 2.04. The van der Waals surface area contributed by atoms with Crippen molar-refractivity contribution in [3.05, 3.63) is 0 Å². The van der Waals surface area contributed by atoms with Crippen LogP contribution in [0.3, 0.4) is 0 Å². The Morgan fingerprint density at radius 3 is 3.11 bits per heavy atom. The molecule has 0 aliphatic carbocycles. The zero-order chi connectivity index (χ0) is 5.84. The molecule has 2 unspecified atom stereocenters. The van der Waals surface area contributed by atoms with Gasteiger partial charge in [0.15, 0.2) is 11.8 Å². The van der Waals surface area contributed by atoms with Crippen molar-refractivity contribution in [1.82, 2.24) is 0 Å². The van der Waals surface area contributed by atoms with Crippen molar-refractivity contribution in [3.8, 4) is 0 Å². The highest BCUT2D eigenvalue weighted by molar-refractivity contribution is 5.84. The number of hydrogen-bond donors (Lipinski definition) is 0. The van der Waals surface area contributed by atoms with Crippen LogP contribution in [-0.4, -0.2) is 22.9 Å². The summed E-state index contributed by atoms with van der Waals surface area (Å²) in [6.07, 6.45) is 5.92. The van der Waals surface area contributed by atoms with Crippen LogP contribution in [0.25, 0.3) is 0 Å². The maximum atomic E-state index is 2.65. The minimum Gasteiger partial charge on any atom is -0.233 e. The van der Waals surface area contributed by atoms with Gasteiger partial charge in [-0.05, 0) is 6.42 Å². The third-order valence-corrected chi connectivity index (χ3v) is 3.21. The van der Waals surface area contributed by atoms with Gasteiger partial charge in [0.05, 0.1) is 6.42 Å². The first-order valence-electron chi connectivity index (χ1n) is 4.05. The molecule has 9 heavy (non-hydrogen) atoms. The van der Waals surface area contributed by atoms with Crippen molar-refractivity contribution >= 4 is 5.71 Å². The van der Waals surface area contributed by atoms with Gasteiger partial charge in [-0.2, -0.15) is 0 Å². The van der Waals surface area contributed by atoms with Gasteiger partial charge in [0, 0.05) is 18.8 Å². The largest absolute Gasteiger partial charge is 0.233 e. The van der Waals surface area contributed by atoms with Gasteiger partial charge in [0.25, 0.3) is 0 Å². The highest BCUT2D eigenvalue weighted by atomic mass is 15.1. The van der Waals surface area contributed by atoms with Crippen LogP contribution in [-0.2, 0) is 0 Å². The molecule has 3 heterocycles. The summed E-state index contributed by atoms with van der Waals surface area (Å²) in [5.74, 6) is 1.07. The van der Waals surface area contributed by atoms with E-state index >= 15 is 0 Å². The summed E-state index contributed by atoms with van der Waals surface area (Å²) in [7, 11) is 0. The lowest BCUT2D eigenvalue weighted by atomic mass is 9.96. The molecule has 0 radical (unpaired) electrons. The Balaban J connectivity index is 2.08. The SMILES string of the molecule is C1CC2CC3=[N+]2CC1C3. The van der Waals surface area contributed by atoms with Crippen LogP contribution in [0.15, 0.2) is 0 Å². The summed E-state index contributed by atoms with van der Waals surface area (Å²) in [6, 6.07) is 0.999. The summed E-state index contributed by atoms with van der Waals surface area (Å²) in [5.41, 5.74) is 1.78. The molecule has 48 valence electrons. The van der Waals surface area contributed by atoms with E-state index in [2.05, 4.69) is 4.58 Å². The summed E-state index contributed by atoms with van der Waals surface area (Å²) >= 11 is 0. The van der Waals surface area contributed by atoms with E-state index < -0.39 is 0 Å². The van der Waals surface area contributed by atoms with Crippen molar-refractivity contribution in [2.45, 2.75) is 31.7 Å². The van der Waals surface area contributed by atoms with Crippen LogP contribution in [0.1, 0.15) is 25.7 Å². The molecule has 0 saturated carbocycles. The zero-order valence-electron chi connectivity index (χ0n) is 5.64. The Morgan fingerprint density at radius 1 is 1.22 bits per heavy atom. The van der Waals surface area contributed by atoms with Crippen molar-refractivity contribution in [2.24, 2.45) is 5.92 Å². The third kappa shape index (κ3) is 0.405. The molecule has 0 aromatic heterocycles. The molecular weight excluding hydrogens is 110 g/mol. The third-order valence-electron chi connectivity index (χ3n) is 3.21.